The lowest BCUT2D eigenvalue weighted by molar-refractivity contribution is -0.137. The molecular formula is C21H29F3IN5. The SMILES string of the molecule is CCNC(=NCC1(c2cccc(C(F)(F)F)c2)CCC1)NCCc1cnn(C)c1.I. The summed E-state index contributed by atoms with van der Waals surface area (Å²) in [6, 6.07) is 5.71. The van der Waals surface area contributed by atoms with Crippen LogP contribution in [0.1, 0.15) is 42.9 Å². The van der Waals surface area contributed by atoms with E-state index >= 15 is 0 Å². The summed E-state index contributed by atoms with van der Waals surface area (Å²) in [6.07, 6.45) is 3.02. The topological polar surface area (TPSA) is 54.2 Å². The Bertz CT molecular complexity index is 843. The molecule has 0 spiro atoms. The van der Waals surface area contributed by atoms with E-state index in [-0.39, 0.29) is 29.4 Å². The van der Waals surface area contributed by atoms with Gasteiger partial charge in [-0.3, -0.25) is 9.67 Å². The van der Waals surface area contributed by atoms with Gasteiger partial charge in [0.15, 0.2) is 5.96 Å². The van der Waals surface area contributed by atoms with Crippen LogP contribution in [0.15, 0.2) is 41.7 Å². The summed E-state index contributed by atoms with van der Waals surface area (Å²) >= 11 is 0. The molecule has 0 bridgehead atoms. The second-order valence-electron chi connectivity index (χ2n) is 7.61. The Balaban J connectivity index is 0.00000320. The molecule has 0 atom stereocenters. The number of hydrogen-bond donors (Lipinski definition) is 2. The number of aromatic nitrogens is 2. The summed E-state index contributed by atoms with van der Waals surface area (Å²) in [4.78, 5) is 4.70. The zero-order chi connectivity index (χ0) is 20.9. The smallest absolute Gasteiger partial charge is 0.357 e. The van der Waals surface area contributed by atoms with Gasteiger partial charge in [0, 0.05) is 31.7 Å². The van der Waals surface area contributed by atoms with Crippen LogP contribution in [0.2, 0.25) is 0 Å². The van der Waals surface area contributed by atoms with Crippen LogP contribution in [-0.2, 0) is 25.1 Å². The van der Waals surface area contributed by atoms with Gasteiger partial charge in [0.1, 0.15) is 0 Å². The van der Waals surface area contributed by atoms with Crippen LogP contribution in [0.5, 0.6) is 0 Å². The van der Waals surface area contributed by atoms with Gasteiger partial charge in [0.2, 0.25) is 0 Å². The number of aliphatic imine (C=N–C) groups is 1. The average Bonchev–Trinajstić information content (AvgIpc) is 3.05. The first kappa shape index (κ1) is 24.5. The normalized spacial score (nSPS) is 15.8. The highest BCUT2D eigenvalue weighted by Crippen LogP contribution is 2.45. The van der Waals surface area contributed by atoms with E-state index in [2.05, 4.69) is 15.7 Å². The maximum absolute atomic E-state index is 13.1. The van der Waals surface area contributed by atoms with Crippen molar-refractivity contribution in [3.8, 4) is 0 Å². The van der Waals surface area contributed by atoms with E-state index in [9.17, 15) is 13.2 Å². The molecule has 2 N–H and O–H groups in total. The zero-order valence-corrected chi connectivity index (χ0v) is 19.6. The number of rotatable bonds is 7. The van der Waals surface area contributed by atoms with E-state index < -0.39 is 11.7 Å². The molecule has 0 amide bonds. The average molecular weight is 535 g/mol. The molecule has 5 nitrogen and oxygen atoms in total. The quantitative estimate of drug-likeness (QED) is 0.317. The molecule has 1 aromatic heterocycles. The predicted molar refractivity (Wildman–Crippen MR) is 123 cm³/mol. The molecule has 166 valence electrons. The van der Waals surface area contributed by atoms with Gasteiger partial charge in [-0.05, 0) is 43.4 Å². The number of aryl methyl sites for hydroxylation is 1. The highest BCUT2D eigenvalue weighted by molar-refractivity contribution is 14.0. The molecule has 0 aliphatic heterocycles. The lowest BCUT2D eigenvalue weighted by Crippen LogP contribution is -2.42. The van der Waals surface area contributed by atoms with Gasteiger partial charge in [-0.15, -0.1) is 24.0 Å². The van der Waals surface area contributed by atoms with E-state index in [0.717, 1.165) is 49.4 Å². The Kier molecular flexibility index (Phi) is 8.57. The first-order chi connectivity index (χ1) is 13.8. The monoisotopic (exact) mass is 535 g/mol. The van der Waals surface area contributed by atoms with Crippen molar-refractivity contribution in [3.63, 3.8) is 0 Å². The largest absolute Gasteiger partial charge is 0.416 e. The molecule has 2 aromatic rings. The summed E-state index contributed by atoms with van der Waals surface area (Å²) in [6.45, 7) is 3.88. The van der Waals surface area contributed by atoms with Gasteiger partial charge in [-0.25, -0.2) is 0 Å². The third-order valence-corrected chi connectivity index (χ3v) is 5.46. The number of alkyl halides is 3. The Hall–Kier alpha value is -1.78. The van der Waals surface area contributed by atoms with Crippen LogP contribution < -0.4 is 10.6 Å². The van der Waals surface area contributed by atoms with Crippen molar-refractivity contribution in [3.05, 3.63) is 53.3 Å². The maximum Gasteiger partial charge on any atom is 0.416 e. The minimum absolute atomic E-state index is 0. The van der Waals surface area contributed by atoms with Crippen LogP contribution in [0, 0.1) is 0 Å². The Morgan fingerprint density at radius 3 is 2.60 bits per heavy atom. The number of nitrogens with zero attached hydrogens (tertiary/aromatic N) is 3. The highest BCUT2D eigenvalue weighted by Gasteiger charge is 2.40. The number of benzene rings is 1. The van der Waals surface area contributed by atoms with E-state index in [4.69, 9.17) is 4.99 Å². The second-order valence-corrected chi connectivity index (χ2v) is 7.61. The third kappa shape index (κ3) is 6.12. The van der Waals surface area contributed by atoms with Crippen LogP contribution in [0.25, 0.3) is 0 Å². The summed E-state index contributed by atoms with van der Waals surface area (Å²) in [5.41, 5.74) is 0.961. The van der Waals surface area contributed by atoms with Crippen molar-refractivity contribution in [1.82, 2.24) is 20.4 Å². The highest BCUT2D eigenvalue weighted by atomic mass is 127. The Labute approximate surface area is 192 Å². The van der Waals surface area contributed by atoms with Crippen LogP contribution in [0.3, 0.4) is 0 Å². The molecule has 3 rings (SSSR count). The van der Waals surface area contributed by atoms with Gasteiger partial charge in [-0.1, -0.05) is 24.6 Å². The molecule has 1 aromatic carbocycles. The first-order valence-electron chi connectivity index (χ1n) is 10.00. The summed E-state index contributed by atoms with van der Waals surface area (Å²) in [7, 11) is 1.88. The molecule has 9 heteroatoms. The van der Waals surface area contributed by atoms with Crippen LogP contribution >= 0.6 is 24.0 Å². The standard InChI is InChI=1S/C21H28F3N5.HI/c1-3-25-19(26-11-8-16-13-28-29(2)14-16)27-15-20(9-5-10-20)17-6-4-7-18(12-17)21(22,23)24;/h4,6-7,12-14H,3,5,8-11,15H2,1-2H3,(H2,25,26,27);1H. The number of nitrogens with one attached hydrogen (secondary N) is 2. The van der Waals surface area contributed by atoms with E-state index in [1.165, 1.54) is 12.1 Å². The van der Waals surface area contributed by atoms with E-state index in [1.54, 1.807) is 10.7 Å². The first-order valence-corrected chi connectivity index (χ1v) is 10.00. The van der Waals surface area contributed by atoms with Crippen molar-refractivity contribution in [2.24, 2.45) is 12.0 Å². The fourth-order valence-corrected chi connectivity index (χ4v) is 3.67. The number of hydrogen-bond acceptors (Lipinski definition) is 2. The summed E-state index contributed by atoms with van der Waals surface area (Å²) in [5, 5.41) is 10.7. The second kappa shape index (κ2) is 10.5. The van der Waals surface area contributed by atoms with Crippen LogP contribution in [0.4, 0.5) is 13.2 Å². The van der Waals surface area contributed by atoms with Crippen molar-refractivity contribution >= 4 is 29.9 Å². The fourth-order valence-electron chi connectivity index (χ4n) is 3.67. The lowest BCUT2D eigenvalue weighted by atomic mass is 9.64. The molecule has 0 radical (unpaired) electrons. The van der Waals surface area contributed by atoms with Crippen LogP contribution in [-0.4, -0.2) is 35.4 Å². The minimum Gasteiger partial charge on any atom is -0.357 e. The van der Waals surface area contributed by atoms with Crippen molar-refractivity contribution in [1.29, 1.82) is 0 Å². The van der Waals surface area contributed by atoms with Gasteiger partial charge in [-0.2, -0.15) is 18.3 Å². The van der Waals surface area contributed by atoms with E-state index in [1.807, 2.05) is 26.4 Å². The van der Waals surface area contributed by atoms with Gasteiger partial charge >= 0.3 is 6.18 Å². The summed E-state index contributed by atoms with van der Waals surface area (Å²) in [5.74, 6) is 0.689. The molecule has 30 heavy (non-hydrogen) atoms. The van der Waals surface area contributed by atoms with Crippen molar-refractivity contribution in [2.45, 2.75) is 44.2 Å². The zero-order valence-electron chi connectivity index (χ0n) is 17.3. The fraction of sp³-hybridized carbons (Fsp3) is 0.524. The Morgan fingerprint density at radius 2 is 2.03 bits per heavy atom. The molecule has 1 saturated carbocycles. The van der Waals surface area contributed by atoms with Gasteiger partial charge < -0.3 is 10.6 Å². The molecule has 0 unspecified atom stereocenters. The third-order valence-electron chi connectivity index (χ3n) is 5.46. The van der Waals surface area contributed by atoms with Crippen molar-refractivity contribution in [2.75, 3.05) is 19.6 Å². The van der Waals surface area contributed by atoms with E-state index in [0.29, 0.717) is 19.0 Å². The maximum atomic E-state index is 13.1. The summed E-state index contributed by atoms with van der Waals surface area (Å²) < 4.78 is 41.1. The minimum atomic E-state index is -4.33. The molecule has 0 saturated heterocycles. The molecular weight excluding hydrogens is 506 g/mol. The van der Waals surface area contributed by atoms with Crippen molar-refractivity contribution < 1.29 is 13.2 Å². The Morgan fingerprint density at radius 1 is 1.27 bits per heavy atom. The number of halogens is 4. The number of guanidine groups is 1. The predicted octanol–water partition coefficient (Wildman–Crippen LogP) is 4.28. The molecule has 1 aliphatic carbocycles. The van der Waals surface area contributed by atoms with Gasteiger partial charge in [0.05, 0.1) is 18.3 Å². The van der Waals surface area contributed by atoms with Gasteiger partial charge in [0.25, 0.3) is 0 Å². The lowest BCUT2D eigenvalue weighted by Gasteiger charge is -2.41. The molecule has 1 fully saturated rings. The molecule has 1 aliphatic rings. The molecule has 1 heterocycles.